The highest BCUT2D eigenvalue weighted by Crippen LogP contribution is 2.27. The summed E-state index contributed by atoms with van der Waals surface area (Å²) in [6, 6.07) is 17.9. The van der Waals surface area contributed by atoms with Gasteiger partial charge in [0.05, 0.1) is 23.9 Å². The molecule has 0 radical (unpaired) electrons. The van der Waals surface area contributed by atoms with E-state index in [4.69, 9.17) is 9.47 Å². The number of nitrogens with zero attached hydrogens (tertiary/aromatic N) is 3. The predicted octanol–water partition coefficient (Wildman–Crippen LogP) is 4.81. The van der Waals surface area contributed by atoms with Crippen molar-refractivity contribution in [3.63, 3.8) is 0 Å². The van der Waals surface area contributed by atoms with E-state index in [2.05, 4.69) is 23.0 Å². The number of aryl methyl sites for hydroxylation is 2. The average molecular weight is 430 g/mol. The van der Waals surface area contributed by atoms with Crippen LogP contribution in [0.5, 0.6) is 5.88 Å². The summed E-state index contributed by atoms with van der Waals surface area (Å²) < 4.78 is 10.7. The second kappa shape index (κ2) is 11.1. The van der Waals surface area contributed by atoms with Gasteiger partial charge in [0.15, 0.2) is 6.61 Å². The van der Waals surface area contributed by atoms with Crippen LogP contribution in [0.1, 0.15) is 48.5 Å². The molecule has 0 N–H and O–H groups in total. The third kappa shape index (κ3) is 5.70. The van der Waals surface area contributed by atoms with Gasteiger partial charge >= 0.3 is 5.97 Å². The molecule has 0 aliphatic rings. The molecular formula is C26H27N3O3. The summed E-state index contributed by atoms with van der Waals surface area (Å²) in [5, 5.41) is 9.38. The van der Waals surface area contributed by atoms with Gasteiger partial charge in [0.2, 0.25) is 5.88 Å². The fourth-order valence-corrected chi connectivity index (χ4v) is 3.53. The van der Waals surface area contributed by atoms with Crippen LogP contribution >= 0.6 is 0 Å². The zero-order valence-electron chi connectivity index (χ0n) is 18.7. The Bertz CT molecular complexity index is 1120. The van der Waals surface area contributed by atoms with Crippen molar-refractivity contribution < 1.29 is 14.3 Å². The normalized spacial score (nSPS) is 10.4. The largest absolute Gasteiger partial charge is 0.465 e. The Balaban J connectivity index is 1.89. The topological polar surface area (TPSA) is 85.1 Å². The Hall–Kier alpha value is -3.72. The third-order valence-electron chi connectivity index (χ3n) is 4.98. The molecule has 0 aliphatic carbocycles. The van der Waals surface area contributed by atoms with E-state index >= 15 is 0 Å². The Morgan fingerprint density at radius 3 is 2.50 bits per heavy atom. The third-order valence-corrected chi connectivity index (χ3v) is 4.98. The van der Waals surface area contributed by atoms with E-state index in [1.165, 1.54) is 0 Å². The zero-order chi connectivity index (χ0) is 22.9. The van der Waals surface area contributed by atoms with Crippen LogP contribution in [0, 0.1) is 18.3 Å². The lowest BCUT2D eigenvalue weighted by Gasteiger charge is -2.15. The summed E-state index contributed by atoms with van der Waals surface area (Å²) >= 11 is 0. The molecule has 164 valence electrons. The number of rotatable bonds is 9. The van der Waals surface area contributed by atoms with E-state index in [9.17, 15) is 10.1 Å². The molecule has 6 heteroatoms. The summed E-state index contributed by atoms with van der Waals surface area (Å²) in [5.41, 5.74) is 5.41. The highest BCUT2D eigenvalue weighted by Gasteiger charge is 2.17. The summed E-state index contributed by atoms with van der Waals surface area (Å²) in [4.78, 5) is 20.9. The van der Waals surface area contributed by atoms with Crippen molar-refractivity contribution in [2.24, 2.45) is 0 Å². The van der Waals surface area contributed by atoms with E-state index in [-0.39, 0.29) is 6.61 Å². The number of nitriles is 1. The van der Waals surface area contributed by atoms with Crippen molar-refractivity contribution in [3.05, 3.63) is 76.7 Å². The van der Waals surface area contributed by atoms with Gasteiger partial charge < -0.3 is 9.47 Å². The number of ether oxygens (including phenoxy) is 2. The first-order chi connectivity index (χ1) is 15.5. The van der Waals surface area contributed by atoms with Crippen molar-refractivity contribution in [2.75, 3.05) is 13.2 Å². The van der Waals surface area contributed by atoms with Crippen LogP contribution in [-0.4, -0.2) is 29.2 Å². The Morgan fingerprint density at radius 1 is 1.06 bits per heavy atom. The minimum absolute atomic E-state index is 0.188. The lowest BCUT2D eigenvalue weighted by Crippen LogP contribution is -2.17. The van der Waals surface area contributed by atoms with Gasteiger partial charge in [0.25, 0.3) is 0 Å². The van der Waals surface area contributed by atoms with Crippen LogP contribution in [0.4, 0.5) is 0 Å². The lowest BCUT2D eigenvalue weighted by molar-refractivity contribution is -0.145. The maximum Gasteiger partial charge on any atom is 0.344 e. The molecule has 1 aromatic heterocycles. The maximum absolute atomic E-state index is 11.8. The number of hydrogen-bond acceptors (Lipinski definition) is 6. The number of aromatic nitrogens is 2. The number of carbonyl (C=O) groups is 1. The van der Waals surface area contributed by atoms with E-state index in [0.717, 1.165) is 40.8 Å². The SMILES string of the molecule is CCCc1nc(C)nc(OCC(=O)OCC)c1Cc1ccc(-c2ccccc2C#N)cc1. The summed E-state index contributed by atoms with van der Waals surface area (Å²) in [7, 11) is 0. The number of hydrogen-bond donors (Lipinski definition) is 0. The highest BCUT2D eigenvalue weighted by atomic mass is 16.6. The highest BCUT2D eigenvalue weighted by molar-refractivity contribution is 5.71. The molecule has 2 aromatic carbocycles. The molecule has 0 amide bonds. The minimum Gasteiger partial charge on any atom is -0.465 e. The standard InChI is InChI=1S/C26H27N3O3/c1-4-8-24-23(26(29-18(3)28-24)32-17-25(30)31-5-2)15-19-11-13-20(14-12-19)22-10-7-6-9-21(22)16-27/h6-7,9-14H,4-5,8,15,17H2,1-3H3. The van der Waals surface area contributed by atoms with Crippen LogP contribution in [0.15, 0.2) is 48.5 Å². The van der Waals surface area contributed by atoms with Crippen LogP contribution < -0.4 is 4.74 Å². The molecular weight excluding hydrogens is 402 g/mol. The van der Waals surface area contributed by atoms with Gasteiger partial charge in [-0.3, -0.25) is 0 Å². The Kier molecular flexibility index (Phi) is 7.93. The number of benzene rings is 2. The molecule has 3 aromatic rings. The molecule has 0 saturated heterocycles. The molecule has 0 unspecified atom stereocenters. The molecule has 1 heterocycles. The van der Waals surface area contributed by atoms with E-state index < -0.39 is 5.97 Å². The van der Waals surface area contributed by atoms with Crippen molar-refractivity contribution in [1.29, 1.82) is 5.26 Å². The summed E-state index contributed by atoms with van der Waals surface area (Å²) in [5.74, 6) is 0.611. The van der Waals surface area contributed by atoms with Gasteiger partial charge in [0, 0.05) is 12.0 Å². The fourth-order valence-electron chi connectivity index (χ4n) is 3.53. The molecule has 3 rings (SSSR count). The van der Waals surface area contributed by atoms with Gasteiger partial charge in [-0.1, -0.05) is 55.8 Å². The van der Waals surface area contributed by atoms with Crippen molar-refractivity contribution in [3.8, 4) is 23.1 Å². The molecule has 0 spiro atoms. The van der Waals surface area contributed by atoms with Gasteiger partial charge in [-0.25, -0.2) is 9.78 Å². The van der Waals surface area contributed by atoms with Gasteiger partial charge in [-0.2, -0.15) is 10.2 Å². The summed E-state index contributed by atoms with van der Waals surface area (Å²) in [6.07, 6.45) is 2.31. The predicted molar refractivity (Wildman–Crippen MR) is 122 cm³/mol. The van der Waals surface area contributed by atoms with Crippen LogP contribution in [0.2, 0.25) is 0 Å². The molecule has 0 fully saturated rings. The Labute approximate surface area is 188 Å². The molecule has 0 aliphatic heterocycles. The van der Waals surface area contributed by atoms with E-state index in [0.29, 0.717) is 30.3 Å². The van der Waals surface area contributed by atoms with Crippen molar-refractivity contribution in [1.82, 2.24) is 9.97 Å². The van der Waals surface area contributed by atoms with Gasteiger partial charge in [-0.15, -0.1) is 0 Å². The van der Waals surface area contributed by atoms with Crippen molar-refractivity contribution >= 4 is 5.97 Å². The molecule has 6 nitrogen and oxygen atoms in total. The molecule has 32 heavy (non-hydrogen) atoms. The van der Waals surface area contributed by atoms with E-state index in [1.54, 1.807) is 6.92 Å². The van der Waals surface area contributed by atoms with Gasteiger partial charge in [0.1, 0.15) is 5.82 Å². The second-order valence-electron chi connectivity index (χ2n) is 7.38. The Morgan fingerprint density at radius 2 is 1.81 bits per heavy atom. The first kappa shape index (κ1) is 23.0. The first-order valence-corrected chi connectivity index (χ1v) is 10.8. The molecule has 0 atom stereocenters. The quantitative estimate of drug-likeness (QED) is 0.454. The van der Waals surface area contributed by atoms with Crippen LogP contribution in [0.3, 0.4) is 0 Å². The van der Waals surface area contributed by atoms with Gasteiger partial charge in [-0.05, 0) is 43.0 Å². The van der Waals surface area contributed by atoms with Crippen LogP contribution in [-0.2, 0) is 22.4 Å². The molecule has 0 bridgehead atoms. The average Bonchev–Trinajstić information content (AvgIpc) is 2.80. The smallest absolute Gasteiger partial charge is 0.344 e. The zero-order valence-corrected chi connectivity index (χ0v) is 18.7. The second-order valence-corrected chi connectivity index (χ2v) is 7.38. The van der Waals surface area contributed by atoms with Crippen molar-refractivity contribution in [2.45, 2.75) is 40.0 Å². The minimum atomic E-state index is -0.424. The number of carbonyl (C=O) groups excluding carboxylic acids is 1. The number of esters is 1. The summed E-state index contributed by atoms with van der Waals surface area (Å²) in [6.45, 7) is 5.80. The fraction of sp³-hybridized carbons (Fsp3) is 0.308. The first-order valence-electron chi connectivity index (χ1n) is 10.8. The van der Waals surface area contributed by atoms with Crippen LogP contribution in [0.25, 0.3) is 11.1 Å². The maximum atomic E-state index is 11.8. The monoisotopic (exact) mass is 429 g/mol. The lowest BCUT2D eigenvalue weighted by atomic mass is 9.97. The van der Waals surface area contributed by atoms with E-state index in [1.807, 2.05) is 55.5 Å². The molecule has 0 saturated carbocycles.